The molecule has 0 aliphatic rings. The van der Waals surface area contributed by atoms with Gasteiger partial charge in [0.25, 0.3) is 0 Å². The SMILES string of the molecule is CCn1c(SC(C)C(=O)Nc2ccc(OC)cc2)nc2cc(S(N)(=O)=O)ccc21. The molecule has 0 fully saturated rings. The Morgan fingerprint density at radius 2 is 1.97 bits per heavy atom. The van der Waals surface area contributed by atoms with Crippen LogP contribution in [0.2, 0.25) is 0 Å². The minimum atomic E-state index is -3.81. The number of rotatable bonds is 7. The van der Waals surface area contributed by atoms with Gasteiger partial charge >= 0.3 is 0 Å². The Labute approximate surface area is 173 Å². The molecule has 154 valence electrons. The van der Waals surface area contributed by atoms with Crippen molar-refractivity contribution in [1.82, 2.24) is 9.55 Å². The molecule has 1 heterocycles. The summed E-state index contributed by atoms with van der Waals surface area (Å²) in [6, 6.07) is 11.7. The van der Waals surface area contributed by atoms with E-state index in [0.29, 0.717) is 28.7 Å². The highest BCUT2D eigenvalue weighted by Gasteiger charge is 2.20. The van der Waals surface area contributed by atoms with Crippen molar-refractivity contribution in [2.75, 3.05) is 12.4 Å². The molecule has 2 aromatic carbocycles. The zero-order chi connectivity index (χ0) is 21.2. The number of hydrogen-bond donors (Lipinski definition) is 2. The number of imidazole rings is 1. The largest absolute Gasteiger partial charge is 0.497 e. The van der Waals surface area contributed by atoms with Gasteiger partial charge in [-0.2, -0.15) is 0 Å². The quantitative estimate of drug-likeness (QED) is 0.552. The number of thioether (sulfide) groups is 1. The summed E-state index contributed by atoms with van der Waals surface area (Å²) in [5.74, 6) is 0.543. The van der Waals surface area contributed by atoms with Crippen molar-refractivity contribution in [3.8, 4) is 5.75 Å². The predicted molar refractivity (Wildman–Crippen MR) is 114 cm³/mol. The minimum Gasteiger partial charge on any atom is -0.497 e. The molecule has 1 unspecified atom stereocenters. The van der Waals surface area contributed by atoms with Gasteiger partial charge in [-0.1, -0.05) is 11.8 Å². The number of nitrogens with one attached hydrogen (secondary N) is 1. The van der Waals surface area contributed by atoms with Crippen LogP contribution in [0, 0.1) is 0 Å². The van der Waals surface area contributed by atoms with Gasteiger partial charge in [0.05, 0.1) is 28.3 Å². The summed E-state index contributed by atoms with van der Waals surface area (Å²) in [4.78, 5) is 17.1. The summed E-state index contributed by atoms with van der Waals surface area (Å²) in [5.41, 5.74) is 1.97. The van der Waals surface area contributed by atoms with Crippen LogP contribution in [0.1, 0.15) is 13.8 Å². The van der Waals surface area contributed by atoms with Crippen molar-refractivity contribution in [2.45, 2.75) is 35.7 Å². The van der Waals surface area contributed by atoms with E-state index in [9.17, 15) is 13.2 Å². The highest BCUT2D eigenvalue weighted by molar-refractivity contribution is 8.00. The topological polar surface area (TPSA) is 116 Å². The van der Waals surface area contributed by atoms with Crippen molar-refractivity contribution in [1.29, 1.82) is 0 Å². The monoisotopic (exact) mass is 434 g/mol. The van der Waals surface area contributed by atoms with Crippen LogP contribution < -0.4 is 15.2 Å². The summed E-state index contributed by atoms with van der Waals surface area (Å²) in [6.45, 7) is 4.37. The third-order valence-electron chi connectivity index (χ3n) is 4.34. The minimum absolute atomic E-state index is 0.00704. The standard InChI is InChI=1S/C19H22N4O4S2/c1-4-23-17-10-9-15(29(20,25)26)11-16(17)22-19(23)28-12(2)18(24)21-13-5-7-14(27-3)8-6-13/h5-12H,4H2,1-3H3,(H,21,24)(H2,20,25,26). The van der Waals surface area contributed by atoms with Gasteiger partial charge in [-0.25, -0.2) is 18.5 Å². The van der Waals surface area contributed by atoms with E-state index in [1.165, 1.54) is 23.9 Å². The normalized spacial score (nSPS) is 12.7. The molecule has 0 saturated carbocycles. The van der Waals surface area contributed by atoms with Gasteiger partial charge in [0, 0.05) is 12.2 Å². The average Bonchev–Trinajstić information content (AvgIpc) is 3.03. The molecule has 0 radical (unpaired) electrons. The number of aryl methyl sites for hydroxylation is 1. The number of carbonyl (C=O) groups excluding carboxylic acids is 1. The fourth-order valence-electron chi connectivity index (χ4n) is 2.79. The molecular formula is C19H22N4O4S2. The van der Waals surface area contributed by atoms with Crippen LogP contribution in [0.15, 0.2) is 52.5 Å². The van der Waals surface area contributed by atoms with Gasteiger partial charge < -0.3 is 14.6 Å². The number of amides is 1. The molecule has 3 aromatic rings. The summed E-state index contributed by atoms with van der Waals surface area (Å²) < 4.78 is 30.2. The first-order valence-electron chi connectivity index (χ1n) is 8.87. The number of ether oxygens (including phenoxy) is 1. The molecule has 1 atom stereocenters. The maximum Gasteiger partial charge on any atom is 0.238 e. The molecule has 8 nitrogen and oxygen atoms in total. The molecule has 3 rings (SSSR count). The second-order valence-electron chi connectivity index (χ2n) is 6.31. The average molecular weight is 435 g/mol. The van der Waals surface area contributed by atoms with Crippen LogP contribution in [-0.4, -0.2) is 36.2 Å². The van der Waals surface area contributed by atoms with Crippen LogP contribution in [0.25, 0.3) is 11.0 Å². The number of sulfonamides is 1. The van der Waals surface area contributed by atoms with Gasteiger partial charge in [0.2, 0.25) is 15.9 Å². The second kappa shape index (κ2) is 8.44. The Balaban J connectivity index is 1.81. The van der Waals surface area contributed by atoms with Gasteiger partial charge in [-0.05, 0) is 56.3 Å². The zero-order valence-electron chi connectivity index (χ0n) is 16.2. The van der Waals surface area contributed by atoms with Crippen LogP contribution in [-0.2, 0) is 21.4 Å². The van der Waals surface area contributed by atoms with E-state index < -0.39 is 15.3 Å². The predicted octanol–water partition coefficient (Wildman–Crippen LogP) is 2.83. The van der Waals surface area contributed by atoms with Crippen molar-refractivity contribution in [3.63, 3.8) is 0 Å². The van der Waals surface area contributed by atoms with Crippen molar-refractivity contribution < 1.29 is 17.9 Å². The molecule has 10 heteroatoms. The number of benzene rings is 2. The van der Waals surface area contributed by atoms with E-state index >= 15 is 0 Å². The van der Waals surface area contributed by atoms with E-state index in [-0.39, 0.29) is 10.8 Å². The number of methoxy groups -OCH3 is 1. The Morgan fingerprint density at radius 3 is 2.55 bits per heavy atom. The summed E-state index contributed by atoms with van der Waals surface area (Å²) in [7, 11) is -2.23. The fourth-order valence-corrected chi connectivity index (χ4v) is 4.31. The summed E-state index contributed by atoms with van der Waals surface area (Å²) in [5, 5.41) is 8.29. The number of carbonyl (C=O) groups is 1. The van der Waals surface area contributed by atoms with E-state index in [1.807, 2.05) is 11.5 Å². The van der Waals surface area contributed by atoms with Gasteiger partial charge in [-0.15, -0.1) is 0 Å². The number of aromatic nitrogens is 2. The van der Waals surface area contributed by atoms with E-state index in [4.69, 9.17) is 9.88 Å². The Bertz CT molecular complexity index is 1140. The molecule has 0 aliphatic heterocycles. The Kier molecular flexibility index (Phi) is 6.15. The molecular weight excluding hydrogens is 412 g/mol. The third kappa shape index (κ3) is 4.72. The molecule has 0 spiro atoms. The smallest absolute Gasteiger partial charge is 0.238 e. The van der Waals surface area contributed by atoms with Crippen LogP contribution >= 0.6 is 11.8 Å². The fraction of sp³-hybridized carbons (Fsp3) is 0.263. The van der Waals surface area contributed by atoms with E-state index in [1.54, 1.807) is 44.4 Å². The summed E-state index contributed by atoms with van der Waals surface area (Å²) in [6.07, 6.45) is 0. The molecule has 0 bridgehead atoms. The molecule has 3 N–H and O–H groups in total. The highest BCUT2D eigenvalue weighted by Crippen LogP contribution is 2.29. The molecule has 0 saturated heterocycles. The number of nitrogens with two attached hydrogens (primary N) is 1. The number of primary sulfonamides is 1. The molecule has 29 heavy (non-hydrogen) atoms. The van der Waals surface area contributed by atoms with E-state index in [2.05, 4.69) is 10.3 Å². The number of anilines is 1. The van der Waals surface area contributed by atoms with Gasteiger partial charge in [0.1, 0.15) is 5.75 Å². The number of hydrogen-bond acceptors (Lipinski definition) is 6. The first-order valence-corrected chi connectivity index (χ1v) is 11.3. The highest BCUT2D eigenvalue weighted by atomic mass is 32.2. The molecule has 0 aliphatic carbocycles. The van der Waals surface area contributed by atoms with Crippen LogP contribution in [0.3, 0.4) is 0 Å². The zero-order valence-corrected chi connectivity index (χ0v) is 17.9. The molecule has 1 aromatic heterocycles. The van der Waals surface area contributed by atoms with Crippen molar-refractivity contribution in [3.05, 3.63) is 42.5 Å². The second-order valence-corrected chi connectivity index (χ2v) is 9.18. The van der Waals surface area contributed by atoms with Crippen LogP contribution in [0.5, 0.6) is 5.75 Å². The van der Waals surface area contributed by atoms with Gasteiger partial charge in [0.15, 0.2) is 5.16 Å². The van der Waals surface area contributed by atoms with Crippen molar-refractivity contribution >= 4 is 44.4 Å². The first kappa shape index (κ1) is 21.2. The van der Waals surface area contributed by atoms with Crippen LogP contribution in [0.4, 0.5) is 5.69 Å². The maximum absolute atomic E-state index is 12.6. The van der Waals surface area contributed by atoms with Crippen molar-refractivity contribution in [2.24, 2.45) is 5.14 Å². The first-order chi connectivity index (χ1) is 13.7. The van der Waals surface area contributed by atoms with Gasteiger partial charge in [-0.3, -0.25) is 4.79 Å². The lowest BCUT2D eigenvalue weighted by molar-refractivity contribution is -0.115. The third-order valence-corrected chi connectivity index (χ3v) is 6.34. The maximum atomic E-state index is 12.6. The number of fused-ring (bicyclic) bond motifs is 1. The Hall–Kier alpha value is -2.56. The lowest BCUT2D eigenvalue weighted by Crippen LogP contribution is -2.22. The Morgan fingerprint density at radius 1 is 1.28 bits per heavy atom. The lowest BCUT2D eigenvalue weighted by atomic mass is 10.3. The lowest BCUT2D eigenvalue weighted by Gasteiger charge is -2.13. The summed E-state index contributed by atoms with van der Waals surface area (Å²) >= 11 is 1.30. The van der Waals surface area contributed by atoms with E-state index in [0.717, 1.165) is 5.52 Å². The molecule has 1 amide bonds. The number of nitrogens with zero attached hydrogens (tertiary/aromatic N) is 2.